The maximum absolute atomic E-state index is 12.5. The number of carbonyl (C=O) groups excluding carboxylic acids is 1. The summed E-state index contributed by atoms with van der Waals surface area (Å²) in [6.07, 6.45) is 12.7. The van der Waals surface area contributed by atoms with Gasteiger partial charge in [0, 0.05) is 0 Å². The Labute approximate surface area is 186 Å². The second-order valence-corrected chi connectivity index (χ2v) is 9.26. The number of rotatable bonds is 7. The van der Waals surface area contributed by atoms with Crippen molar-refractivity contribution in [1.29, 1.82) is 0 Å². The highest BCUT2D eigenvalue weighted by atomic mass is 16.5. The van der Waals surface area contributed by atoms with E-state index in [1.807, 2.05) is 12.1 Å². The Morgan fingerprint density at radius 2 is 1.61 bits per heavy atom. The molecular weight excluding hydrogens is 384 g/mol. The molecule has 4 atom stereocenters. The lowest BCUT2D eigenvalue weighted by atomic mass is 9.63. The minimum absolute atomic E-state index is 0.321. The molecule has 4 rings (SSSR count). The van der Waals surface area contributed by atoms with E-state index >= 15 is 0 Å². The van der Waals surface area contributed by atoms with Gasteiger partial charge >= 0.3 is 5.97 Å². The molecule has 2 saturated carbocycles. The zero-order valence-corrected chi connectivity index (χ0v) is 18.6. The average Bonchev–Trinajstić information content (AvgIpc) is 2.83. The van der Waals surface area contributed by atoms with Crippen LogP contribution >= 0.6 is 0 Å². The van der Waals surface area contributed by atoms with Crippen LogP contribution in [0.1, 0.15) is 73.2 Å². The van der Waals surface area contributed by atoms with Crippen molar-refractivity contribution >= 4 is 5.97 Å². The number of esters is 1. The number of methoxy groups -OCH3 is 1. The molecule has 0 amide bonds. The van der Waals surface area contributed by atoms with Crippen LogP contribution in [0.15, 0.2) is 61.2 Å². The van der Waals surface area contributed by atoms with Gasteiger partial charge in [0.2, 0.25) is 0 Å². The maximum atomic E-state index is 12.5. The van der Waals surface area contributed by atoms with Crippen LogP contribution in [0.5, 0.6) is 11.5 Å². The maximum Gasteiger partial charge on any atom is 0.343 e. The summed E-state index contributed by atoms with van der Waals surface area (Å²) in [5.41, 5.74) is 1.96. The van der Waals surface area contributed by atoms with Crippen LogP contribution in [0.25, 0.3) is 0 Å². The summed E-state index contributed by atoms with van der Waals surface area (Å²) in [5.74, 6) is 4.26. The average molecular weight is 419 g/mol. The van der Waals surface area contributed by atoms with E-state index in [0.29, 0.717) is 17.2 Å². The van der Waals surface area contributed by atoms with Crippen LogP contribution in [-0.2, 0) is 0 Å². The zero-order valence-electron chi connectivity index (χ0n) is 18.6. The predicted molar refractivity (Wildman–Crippen MR) is 125 cm³/mol. The number of allylic oxidation sites excluding steroid dienone is 1. The molecule has 2 aromatic carbocycles. The topological polar surface area (TPSA) is 35.5 Å². The standard InChI is InChI=1S/C28H34O3/c1-3-4-5-20-6-7-25-19-24(13-12-23(25)18-20)21-8-10-22(11-9-21)28(29)31-27-16-14-26(30-2)15-17-27/h3,8-11,14-17,20,23-25H,1,4-7,12-13,18-19H2,2H3. The van der Waals surface area contributed by atoms with Crippen molar-refractivity contribution in [2.24, 2.45) is 17.8 Å². The molecule has 4 unspecified atom stereocenters. The van der Waals surface area contributed by atoms with Crippen molar-refractivity contribution in [3.05, 3.63) is 72.3 Å². The molecule has 2 fully saturated rings. The van der Waals surface area contributed by atoms with Gasteiger partial charge in [0.05, 0.1) is 12.7 Å². The molecule has 3 nitrogen and oxygen atoms in total. The zero-order chi connectivity index (χ0) is 21.6. The largest absolute Gasteiger partial charge is 0.497 e. The van der Waals surface area contributed by atoms with Gasteiger partial charge in [-0.25, -0.2) is 4.79 Å². The summed E-state index contributed by atoms with van der Waals surface area (Å²) < 4.78 is 10.6. The normalized spacial score (nSPS) is 25.3. The van der Waals surface area contributed by atoms with Crippen LogP contribution in [0.2, 0.25) is 0 Å². The third-order valence-electron chi connectivity index (χ3n) is 7.39. The predicted octanol–water partition coefficient (Wildman–Crippen LogP) is 7.18. The SMILES string of the molecule is C=CCCC1CCC2CC(c3ccc(C(=O)Oc4ccc(OC)cc4)cc3)CCC2C1. The molecule has 0 bridgehead atoms. The Balaban J connectivity index is 1.32. The van der Waals surface area contributed by atoms with Crippen LogP contribution < -0.4 is 9.47 Å². The molecule has 0 N–H and O–H groups in total. The van der Waals surface area contributed by atoms with Crippen molar-refractivity contribution < 1.29 is 14.3 Å². The summed E-state index contributed by atoms with van der Waals surface area (Å²) >= 11 is 0. The van der Waals surface area contributed by atoms with Crippen molar-refractivity contribution in [2.75, 3.05) is 7.11 Å². The summed E-state index contributed by atoms with van der Waals surface area (Å²) in [5, 5.41) is 0. The van der Waals surface area contributed by atoms with E-state index in [2.05, 4.69) is 24.8 Å². The van der Waals surface area contributed by atoms with E-state index in [9.17, 15) is 4.79 Å². The molecule has 3 heteroatoms. The monoisotopic (exact) mass is 418 g/mol. The second kappa shape index (κ2) is 10.2. The van der Waals surface area contributed by atoms with E-state index < -0.39 is 0 Å². The van der Waals surface area contributed by atoms with E-state index in [1.54, 1.807) is 31.4 Å². The molecule has 2 aliphatic rings. The van der Waals surface area contributed by atoms with Crippen molar-refractivity contribution in [1.82, 2.24) is 0 Å². The third kappa shape index (κ3) is 5.39. The lowest BCUT2D eigenvalue weighted by molar-refractivity contribution is 0.0734. The van der Waals surface area contributed by atoms with E-state index in [4.69, 9.17) is 9.47 Å². The van der Waals surface area contributed by atoms with Gasteiger partial charge in [0.15, 0.2) is 0 Å². The smallest absolute Gasteiger partial charge is 0.343 e. The Hall–Kier alpha value is -2.55. The highest BCUT2D eigenvalue weighted by Crippen LogP contribution is 2.48. The highest BCUT2D eigenvalue weighted by molar-refractivity contribution is 5.91. The van der Waals surface area contributed by atoms with Crippen LogP contribution in [0.4, 0.5) is 0 Å². The summed E-state index contributed by atoms with van der Waals surface area (Å²) in [7, 11) is 1.62. The molecule has 0 heterocycles. The van der Waals surface area contributed by atoms with Crippen molar-refractivity contribution in [3.8, 4) is 11.5 Å². The number of benzene rings is 2. The Kier molecular flexibility index (Phi) is 7.11. The molecule has 2 aliphatic carbocycles. The number of hydrogen-bond acceptors (Lipinski definition) is 3. The first-order valence-electron chi connectivity index (χ1n) is 11.7. The van der Waals surface area contributed by atoms with Gasteiger partial charge in [-0.05, 0) is 111 Å². The van der Waals surface area contributed by atoms with Crippen LogP contribution in [0.3, 0.4) is 0 Å². The number of ether oxygens (including phenoxy) is 2. The van der Waals surface area contributed by atoms with E-state index in [1.165, 1.54) is 50.5 Å². The van der Waals surface area contributed by atoms with E-state index in [-0.39, 0.29) is 5.97 Å². The Morgan fingerprint density at radius 1 is 0.935 bits per heavy atom. The minimum Gasteiger partial charge on any atom is -0.497 e. The second-order valence-electron chi connectivity index (χ2n) is 9.26. The fourth-order valence-electron chi connectivity index (χ4n) is 5.61. The van der Waals surface area contributed by atoms with Gasteiger partial charge in [-0.2, -0.15) is 0 Å². The highest BCUT2D eigenvalue weighted by Gasteiger charge is 2.35. The molecule has 0 radical (unpaired) electrons. The van der Waals surface area contributed by atoms with Gasteiger partial charge in [0.25, 0.3) is 0 Å². The number of fused-ring (bicyclic) bond motifs is 1. The summed E-state index contributed by atoms with van der Waals surface area (Å²) in [4.78, 5) is 12.5. The van der Waals surface area contributed by atoms with Gasteiger partial charge < -0.3 is 9.47 Å². The quantitative estimate of drug-likeness (QED) is 0.271. The first-order chi connectivity index (χ1) is 15.2. The number of carbonyl (C=O) groups is 1. The van der Waals surface area contributed by atoms with Crippen molar-refractivity contribution in [3.63, 3.8) is 0 Å². The lowest BCUT2D eigenvalue weighted by Gasteiger charge is -2.42. The number of hydrogen-bond donors (Lipinski definition) is 0. The molecule has 2 aromatic rings. The third-order valence-corrected chi connectivity index (χ3v) is 7.39. The fraction of sp³-hybridized carbons (Fsp3) is 0.464. The summed E-state index contributed by atoms with van der Waals surface area (Å²) in [6, 6.07) is 15.2. The lowest BCUT2D eigenvalue weighted by Crippen LogP contribution is -2.30. The molecule has 0 aromatic heterocycles. The van der Waals surface area contributed by atoms with Gasteiger partial charge in [-0.1, -0.05) is 24.6 Å². The van der Waals surface area contributed by atoms with Gasteiger partial charge in [0.1, 0.15) is 11.5 Å². The fourth-order valence-corrected chi connectivity index (χ4v) is 5.61. The molecule has 0 saturated heterocycles. The van der Waals surface area contributed by atoms with Crippen LogP contribution in [-0.4, -0.2) is 13.1 Å². The van der Waals surface area contributed by atoms with Gasteiger partial charge in [-0.3, -0.25) is 0 Å². The molecule has 31 heavy (non-hydrogen) atoms. The molecule has 0 aliphatic heterocycles. The molecular formula is C28H34O3. The Morgan fingerprint density at radius 3 is 2.32 bits per heavy atom. The minimum atomic E-state index is -0.321. The van der Waals surface area contributed by atoms with E-state index in [0.717, 1.165) is 29.9 Å². The first kappa shape index (κ1) is 21.7. The summed E-state index contributed by atoms with van der Waals surface area (Å²) in [6.45, 7) is 3.88. The van der Waals surface area contributed by atoms with Crippen molar-refractivity contribution in [2.45, 2.75) is 57.3 Å². The molecule has 0 spiro atoms. The van der Waals surface area contributed by atoms with Gasteiger partial charge in [-0.15, -0.1) is 6.58 Å². The molecule has 164 valence electrons. The Bertz CT molecular complexity index is 868. The first-order valence-corrected chi connectivity index (χ1v) is 11.7. The van der Waals surface area contributed by atoms with Crippen LogP contribution in [0, 0.1) is 17.8 Å².